The molecule has 2 aromatic rings. The smallest absolute Gasteiger partial charge is 0.167 e. The molecular weight excluding hydrogens is 314 g/mol. The Kier molecular flexibility index (Phi) is 3.36. The molecule has 0 bridgehead atoms. The maximum absolute atomic E-state index is 10.7. The van der Waals surface area contributed by atoms with Gasteiger partial charge in [0.25, 0.3) is 0 Å². The fourth-order valence-electron chi connectivity index (χ4n) is 3.32. The first-order valence-electron chi connectivity index (χ1n) is 7.76. The number of ether oxygens (including phenoxy) is 1. The lowest BCUT2D eigenvalue weighted by Crippen LogP contribution is -2.44. The third-order valence-corrected chi connectivity index (χ3v) is 4.54. The van der Waals surface area contributed by atoms with Gasteiger partial charge in [0.05, 0.1) is 24.2 Å². The number of aryl methyl sites for hydroxylation is 1. The summed E-state index contributed by atoms with van der Waals surface area (Å²) in [6.45, 7) is 3.42. The van der Waals surface area contributed by atoms with Crippen molar-refractivity contribution < 1.29 is 20.1 Å². The van der Waals surface area contributed by atoms with Gasteiger partial charge >= 0.3 is 0 Å². The lowest BCUT2D eigenvalue weighted by atomic mass is 9.96. The largest absolute Gasteiger partial charge is 0.394 e. The Morgan fingerprint density at radius 2 is 2.25 bits per heavy atom. The Bertz CT molecular complexity index is 831. The van der Waals surface area contributed by atoms with E-state index in [1.807, 2.05) is 0 Å². The third kappa shape index (κ3) is 2.06. The van der Waals surface area contributed by atoms with Gasteiger partial charge in [-0.3, -0.25) is 4.99 Å². The predicted octanol–water partition coefficient (Wildman–Crippen LogP) is -0.131. The number of hydrogen-bond donors (Lipinski definition) is 4. The van der Waals surface area contributed by atoms with Crippen molar-refractivity contribution in [3.05, 3.63) is 12.0 Å². The van der Waals surface area contributed by atoms with E-state index in [-0.39, 0.29) is 0 Å². The summed E-state index contributed by atoms with van der Waals surface area (Å²) >= 11 is 0. The van der Waals surface area contributed by atoms with Gasteiger partial charge in [0.15, 0.2) is 6.23 Å². The molecule has 0 radical (unpaired) electrons. The van der Waals surface area contributed by atoms with E-state index in [4.69, 9.17) is 4.74 Å². The van der Waals surface area contributed by atoms with Gasteiger partial charge in [-0.05, 0) is 13.8 Å². The zero-order valence-electron chi connectivity index (χ0n) is 13.3. The molecule has 2 aliphatic rings. The van der Waals surface area contributed by atoms with E-state index in [0.29, 0.717) is 29.5 Å². The molecule has 1 saturated heterocycles. The number of nitrogens with one attached hydrogen (secondary N) is 1. The highest BCUT2D eigenvalue weighted by molar-refractivity contribution is 6.00. The van der Waals surface area contributed by atoms with Crippen molar-refractivity contribution in [2.75, 3.05) is 18.5 Å². The first kappa shape index (κ1) is 15.5. The van der Waals surface area contributed by atoms with Crippen LogP contribution in [0.5, 0.6) is 0 Å². The minimum absolute atomic E-state index is 0.390. The molecule has 0 saturated carbocycles. The van der Waals surface area contributed by atoms with Crippen molar-refractivity contribution in [3.8, 4) is 0 Å². The highest BCUT2D eigenvalue weighted by atomic mass is 16.6. The van der Waals surface area contributed by atoms with Crippen LogP contribution in [0.1, 0.15) is 19.0 Å². The van der Waals surface area contributed by atoms with Crippen LogP contribution in [-0.4, -0.2) is 67.0 Å². The molecule has 2 aromatic heterocycles. The molecule has 1 unspecified atom stereocenters. The minimum atomic E-state index is -1.59. The number of nitrogens with zero attached hydrogens (tertiary/aromatic N) is 4. The van der Waals surface area contributed by atoms with Crippen LogP contribution < -0.4 is 5.32 Å². The van der Waals surface area contributed by atoms with E-state index in [1.54, 1.807) is 23.9 Å². The molecule has 0 aromatic carbocycles. The van der Waals surface area contributed by atoms with Crippen molar-refractivity contribution in [2.45, 2.75) is 37.9 Å². The highest BCUT2D eigenvalue weighted by Gasteiger charge is 2.53. The molecule has 4 rings (SSSR count). The fourth-order valence-corrected chi connectivity index (χ4v) is 3.32. The van der Waals surface area contributed by atoms with E-state index < -0.39 is 30.6 Å². The van der Waals surface area contributed by atoms with E-state index in [0.717, 1.165) is 5.39 Å². The zero-order chi connectivity index (χ0) is 17.1. The lowest BCUT2D eigenvalue weighted by molar-refractivity contribution is -0.0948. The number of rotatable bonds is 2. The Labute approximate surface area is 137 Å². The molecule has 0 spiro atoms. The molecule has 9 heteroatoms. The summed E-state index contributed by atoms with van der Waals surface area (Å²) in [5, 5.41) is 34.2. The molecule has 0 aliphatic carbocycles. The second-order valence-corrected chi connectivity index (χ2v) is 6.31. The number of aliphatic hydroxyl groups excluding tert-OH is 2. The van der Waals surface area contributed by atoms with Gasteiger partial charge in [-0.15, -0.1) is 0 Å². The molecular formula is C15H19N5O4. The van der Waals surface area contributed by atoms with E-state index in [2.05, 4.69) is 20.3 Å². The van der Waals surface area contributed by atoms with Gasteiger partial charge < -0.3 is 29.9 Å². The summed E-state index contributed by atoms with van der Waals surface area (Å²) in [7, 11) is 0. The normalized spacial score (nSPS) is 32.1. The molecule has 4 heterocycles. The quantitative estimate of drug-likeness (QED) is 0.603. The van der Waals surface area contributed by atoms with Gasteiger partial charge in [0.1, 0.15) is 35.1 Å². The predicted molar refractivity (Wildman–Crippen MR) is 86.5 cm³/mol. The van der Waals surface area contributed by atoms with Gasteiger partial charge in [0.2, 0.25) is 0 Å². The monoisotopic (exact) mass is 333 g/mol. The van der Waals surface area contributed by atoms with Crippen LogP contribution in [0.2, 0.25) is 0 Å². The minimum Gasteiger partial charge on any atom is -0.394 e. The molecule has 4 N–H and O–H groups in total. The number of aliphatic hydroxyl groups is 3. The summed E-state index contributed by atoms with van der Waals surface area (Å²) in [6, 6.07) is 0. The zero-order valence-corrected chi connectivity index (χ0v) is 13.3. The van der Waals surface area contributed by atoms with Crippen LogP contribution in [0.25, 0.3) is 11.0 Å². The summed E-state index contributed by atoms with van der Waals surface area (Å²) < 4.78 is 7.35. The van der Waals surface area contributed by atoms with Crippen molar-refractivity contribution in [2.24, 2.45) is 4.99 Å². The number of aromatic nitrogens is 3. The molecule has 2 aliphatic heterocycles. The summed E-state index contributed by atoms with van der Waals surface area (Å²) in [6.07, 6.45) is 0.456. The number of hydrogen-bond acceptors (Lipinski definition) is 8. The van der Waals surface area contributed by atoms with Crippen LogP contribution in [0.15, 0.2) is 11.2 Å². The van der Waals surface area contributed by atoms with Gasteiger partial charge in [-0.1, -0.05) is 0 Å². The first-order chi connectivity index (χ1) is 11.4. The number of aliphatic imine (C=N–C) groups is 1. The topological polar surface area (TPSA) is 125 Å². The SMILES string of the molecule is Cc1nc2c3c(cn(C4O[C@H](CO)[C@@H](O)[C@]4(C)O)c3n1)N=CCN2. The van der Waals surface area contributed by atoms with Gasteiger partial charge in [-0.25, -0.2) is 9.97 Å². The number of anilines is 1. The second kappa shape index (κ2) is 5.21. The second-order valence-electron chi connectivity index (χ2n) is 6.31. The third-order valence-electron chi connectivity index (χ3n) is 4.54. The van der Waals surface area contributed by atoms with Crippen LogP contribution in [0.4, 0.5) is 11.5 Å². The van der Waals surface area contributed by atoms with E-state index >= 15 is 0 Å². The van der Waals surface area contributed by atoms with Crippen LogP contribution >= 0.6 is 0 Å². The van der Waals surface area contributed by atoms with E-state index in [1.165, 1.54) is 6.92 Å². The fraction of sp³-hybridized carbons (Fsp3) is 0.533. The summed E-state index contributed by atoms with van der Waals surface area (Å²) in [5.41, 5.74) is -0.377. The Morgan fingerprint density at radius 1 is 1.46 bits per heavy atom. The van der Waals surface area contributed by atoms with Crippen LogP contribution in [0, 0.1) is 6.92 Å². The maximum atomic E-state index is 10.7. The standard InChI is InChI=1S/C15H19N5O4/c1-7-18-12-10-8(16-3-4-17-12)5-20(13(10)19-7)14-15(2,23)11(22)9(6-21)24-14/h3,5,9,11,14,21-23H,4,6H2,1-2H3,(H,17,18,19)/t9-,11-,14?,15+/m1/s1. The molecule has 9 nitrogen and oxygen atoms in total. The van der Waals surface area contributed by atoms with Crippen molar-refractivity contribution in [1.29, 1.82) is 0 Å². The maximum Gasteiger partial charge on any atom is 0.167 e. The van der Waals surface area contributed by atoms with Crippen LogP contribution in [0.3, 0.4) is 0 Å². The average Bonchev–Trinajstić information content (AvgIpc) is 2.89. The van der Waals surface area contributed by atoms with Crippen molar-refractivity contribution in [3.63, 3.8) is 0 Å². The van der Waals surface area contributed by atoms with Crippen molar-refractivity contribution >= 4 is 28.8 Å². The summed E-state index contributed by atoms with van der Waals surface area (Å²) in [5.74, 6) is 1.23. The molecule has 4 atom stereocenters. The lowest BCUT2D eigenvalue weighted by Gasteiger charge is -2.27. The Balaban J connectivity index is 1.93. The Morgan fingerprint density at radius 3 is 2.96 bits per heavy atom. The van der Waals surface area contributed by atoms with Gasteiger partial charge in [0, 0.05) is 12.4 Å². The van der Waals surface area contributed by atoms with E-state index in [9.17, 15) is 15.3 Å². The molecule has 0 amide bonds. The first-order valence-corrected chi connectivity index (χ1v) is 7.76. The average molecular weight is 333 g/mol. The van der Waals surface area contributed by atoms with Crippen molar-refractivity contribution in [1.82, 2.24) is 14.5 Å². The molecule has 1 fully saturated rings. The summed E-state index contributed by atoms with van der Waals surface area (Å²) in [4.78, 5) is 13.3. The molecule has 128 valence electrons. The molecule has 24 heavy (non-hydrogen) atoms. The van der Waals surface area contributed by atoms with Crippen LogP contribution in [-0.2, 0) is 4.74 Å². The Hall–Kier alpha value is -2.07. The highest BCUT2D eigenvalue weighted by Crippen LogP contribution is 2.43. The van der Waals surface area contributed by atoms with Gasteiger partial charge in [-0.2, -0.15) is 0 Å².